The van der Waals surface area contributed by atoms with Gasteiger partial charge in [-0.1, -0.05) is 17.7 Å². The van der Waals surface area contributed by atoms with Gasteiger partial charge >= 0.3 is 0 Å². The maximum absolute atomic E-state index is 9.72. The average Bonchev–Trinajstić information content (AvgIpc) is 3.14. The highest BCUT2D eigenvalue weighted by atomic mass is 35.5. The molecule has 1 fully saturated rings. The first-order valence-corrected chi connectivity index (χ1v) is 10.3. The van der Waals surface area contributed by atoms with E-state index >= 15 is 0 Å². The highest BCUT2D eigenvalue weighted by molar-refractivity contribution is 7.16. The topological polar surface area (TPSA) is 94.4 Å². The largest absolute Gasteiger partial charge is 0.395 e. The molecule has 0 spiro atoms. The Morgan fingerprint density at radius 2 is 2.25 bits per heavy atom. The molecule has 7 nitrogen and oxygen atoms in total. The third-order valence-electron chi connectivity index (χ3n) is 4.52. The molecule has 0 radical (unpaired) electrons. The number of aliphatic hydroxyl groups excluding tert-OH is 1. The van der Waals surface area contributed by atoms with Crippen molar-refractivity contribution in [3.8, 4) is 0 Å². The van der Waals surface area contributed by atoms with Crippen LogP contribution >= 0.6 is 22.9 Å². The van der Waals surface area contributed by atoms with Crippen LogP contribution in [0.5, 0.6) is 0 Å². The number of nitrogens with one attached hydrogen (secondary N) is 2. The molecule has 1 aliphatic heterocycles. The zero-order valence-corrected chi connectivity index (χ0v) is 17.2. The molecular weight excluding hydrogens is 398 g/mol. The van der Waals surface area contributed by atoms with Gasteiger partial charge in [0.15, 0.2) is 0 Å². The summed E-state index contributed by atoms with van der Waals surface area (Å²) in [6.07, 6.45) is 8.37. The first kappa shape index (κ1) is 20.7. The van der Waals surface area contributed by atoms with E-state index in [9.17, 15) is 5.11 Å². The molecule has 0 bridgehead atoms. The first-order valence-electron chi connectivity index (χ1n) is 9.12. The summed E-state index contributed by atoms with van der Waals surface area (Å²) in [5.41, 5.74) is 0.852. The minimum atomic E-state index is -0.193. The van der Waals surface area contributed by atoms with Crippen molar-refractivity contribution in [1.82, 2.24) is 9.97 Å². The number of rotatable bonds is 8. The van der Waals surface area contributed by atoms with Gasteiger partial charge < -0.3 is 15.2 Å². The molecule has 0 saturated carbocycles. The van der Waals surface area contributed by atoms with Crippen LogP contribution in [0.15, 0.2) is 30.6 Å². The molecule has 1 aliphatic rings. The Balaban J connectivity index is 1.76. The van der Waals surface area contributed by atoms with Gasteiger partial charge in [-0.05, 0) is 31.9 Å². The summed E-state index contributed by atoms with van der Waals surface area (Å²) < 4.78 is 6.06. The van der Waals surface area contributed by atoms with E-state index in [0.717, 1.165) is 36.5 Å². The van der Waals surface area contributed by atoms with E-state index in [1.807, 2.05) is 25.1 Å². The van der Waals surface area contributed by atoms with Crippen LogP contribution < -0.4 is 10.2 Å². The van der Waals surface area contributed by atoms with Gasteiger partial charge in [0.1, 0.15) is 5.82 Å². The van der Waals surface area contributed by atoms with Crippen molar-refractivity contribution in [2.24, 2.45) is 0 Å². The van der Waals surface area contributed by atoms with Crippen molar-refractivity contribution in [2.45, 2.75) is 31.7 Å². The summed E-state index contributed by atoms with van der Waals surface area (Å²) in [5.74, 6) is 0.968. The van der Waals surface area contributed by atoms with Gasteiger partial charge in [0.2, 0.25) is 5.95 Å². The second-order valence-corrected chi connectivity index (χ2v) is 8.29. The lowest BCUT2D eigenvalue weighted by molar-refractivity contribution is 0.0903. The maximum Gasteiger partial charge on any atom is 0.224 e. The van der Waals surface area contributed by atoms with Crippen molar-refractivity contribution < 1.29 is 9.84 Å². The number of anilines is 2. The molecule has 150 valence electrons. The summed E-state index contributed by atoms with van der Waals surface area (Å²) in [4.78, 5) is 11.5. The smallest absolute Gasteiger partial charge is 0.224 e. The Hall–Kier alpha value is -2.00. The van der Waals surface area contributed by atoms with E-state index in [2.05, 4.69) is 15.3 Å². The number of halogens is 1. The zero-order valence-electron chi connectivity index (χ0n) is 15.6. The summed E-state index contributed by atoms with van der Waals surface area (Å²) in [5, 5.41) is 20.9. The van der Waals surface area contributed by atoms with Crippen LogP contribution in [0.2, 0.25) is 4.34 Å². The standard InChI is InChI=1S/C19H24ClN5O2S/c1-13-10-22-19(23-15-5-8-27-9-6-15)24-18(13)25(12-21)7-4-14(11-26)16-2-3-17(20)28-16/h2-4,7,10,12,14-15,21,26H,5-6,8-9,11H2,1H3,(H,22,23,24)/b7-4+,21-12?. The van der Waals surface area contributed by atoms with Gasteiger partial charge in [-0.15, -0.1) is 11.3 Å². The molecule has 28 heavy (non-hydrogen) atoms. The van der Waals surface area contributed by atoms with Gasteiger partial charge in [-0.3, -0.25) is 10.3 Å². The zero-order chi connectivity index (χ0) is 19.9. The number of nitrogens with zero attached hydrogens (tertiary/aromatic N) is 3. The second kappa shape index (κ2) is 9.97. The van der Waals surface area contributed by atoms with E-state index in [0.29, 0.717) is 16.1 Å². The van der Waals surface area contributed by atoms with Crippen LogP contribution in [0.3, 0.4) is 0 Å². The van der Waals surface area contributed by atoms with Crippen LogP contribution in [0.25, 0.3) is 0 Å². The molecule has 9 heteroatoms. The molecule has 3 heterocycles. The second-order valence-electron chi connectivity index (χ2n) is 6.54. The molecule has 2 aromatic rings. The number of aromatic nitrogens is 2. The fourth-order valence-electron chi connectivity index (χ4n) is 2.93. The van der Waals surface area contributed by atoms with Gasteiger partial charge in [-0.25, -0.2) is 4.98 Å². The Labute approximate surface area is 173 Å². The SMILES string of the molecule is Cc1cnc(NC2CCOCC2)nc1N(C=N)/C=C/C(CO)c1ccc(Cl)s1. The van der Waals surface area contributed by atoms with Crippen LogP contribution in [0.4, 0.5) is 11.8 Å². The van der Waals surface area contributed by atoms with Crippen molar-refractivity contribution in [3.63, 3.8) is 0 Å². The minimum absolute atomic E-state index is 0.0432. The Morgan fingerprint density at radius 3 is 2.89 bits per heavy atom. The summed E-state index contributed by atoms with van der Waals surface area (Å²) >= 11 is 7.43. The molecular formula is C19H24ClN5O2S. The van der Waals surface area contributed by atoms with Crippen molar-refractivity contribution in [2.75, 3.05) is 30.0 Å². The molecule has 2 aromatic heterocycles. The van der Waals surface area contributed by atoms with Gasteiger partial charge in [0.05, 0.1) is 17.3 Å². The Kier molecular flexibility index (Phi) is 7.38. The monoisotopic (exact) mass is 421 g/mol. The molecule has 0 aliphatic carbocycles. The van der Waals surface area contributed by atoms with Crippen molar-refractivity contribution in [1.29, 1.82) is 5.41 Å². The fourth-order valence-corrected chi connectivity index (χ4v) is 4.07. The minimum Gasteiger partial charge on any atom is -0.395 e. The lowest BCUT2D eigenvalue weighted by Crippen LogP contribution is -2.29. The Morgan fingerprint density at radius 1 is 1.46 bits per heavy atom. The van der Waals surface area contributed by atoms with Crippen molar-refractivity contribution in [3.05, 3.63) is 45.4 Å². The predicted octanol–water partition coefficient (Wildman–Crippen LogP) is 3.79. The quantitative estimate of drug-likeness (QED) is 0.443. The van der Waals surface area contributed by atoms with Crippen LogP contribution in [-0.4, -0.2) is 47.3 Å². The highest BCUT2D eigenvalue weighted by Gasteiger charge is 2.16. The van der Waals surface area contributed by atoms with E-state index in [1.54, 1.807) is 17.3 Å². The lowest BCUT2D eigenvalue weighted by atomic mass is 10.1. The summed E-state index contributed by atoms with van der Waals surface area (Å²) in [6.45, 7) is 3.33. The predicted molar refractivity (Wildman–Crippen MR) is 114 cm³/mol. The number of hydrogen-bond donors (Lipinski definition) is 3. The number of aliphatic hydroxyl groups is 1. The Bertz CT molecular complexity index is 822. The van der Waals surface area contributed by atoms with E-state index < -0.39 is 0 Å². The molecule has 1 atom stereocenters. The van der Waals surface area contributed by atoms with E-state index in [1.165, 1.54) is 17.7 Å². The summed E-state index contributed by atoms with van der Waals surface area (Å²) in [7, 11) is 0. The highest BCUT2D eigenvalue weighted by Crippen LogP contribution is 2.29. The number of ether oxygens (including phenoxy) is 1. The van der Waals surface area contributed by atoms with Crippen molar-refractivity contribution >= 4 is 41.0 Å². The lowest BCUT2D eigenvalue weighted by Gasteiger charge is -2.24. The normalized spacial score (nSPS) is 16.2. The number of thiophene rings is 1. The molecule has 1 unspecified atom stereocenters. The molecule has 3 rings (SSSR count). The third-order valence-corrected chi connectivity index (χ3v) is 5.88. The molecule has 0 amide bonds. The number of hydrogen-bond acceptors (Lipinski definition) is 7. The molecule has 1 saturated heterocycles. The molecule has 3 N–H and O–H groups in total. The third kappa shape index (κ3) is 5.29. The summed E-state index contributed by atoms with van der Waals surface area (Å²) in [6, 6.07) is 4.00. The van der Waals surface area contributed by atoms with Crippen LogP contribution in [-0.2, 0) is 4.74 Å². The van der Waals surface area contributed by atoms with Gasteiger partial charge in [0, 0.05) is 48.0 Å². The van der Waals surface area contributed by atoms with Gasteiger partial charge in [-0.2, -0.15) is 4.98 Å². The average molecular weight is 422 g/mol. The fraction of sp³-hybridized carbons (Fsp3) is 0.421. The first-order chi connectivity index (χ1) is 13.6. The van der Waals surface area contributed by atoms with Gasteiger partial charge in [0.25, 0.3) is 0 Å². The maximum atomic E-state index is 9.72. The number of aryl methyl sites for hydroxylation is 1. The van der Waals surface area contributed by atoms with E-state index in [4.69, 9.17) is 21.7 Å². The molecule has 0 aromatic carbocycles. The van der Waals surface area contributed by atoms with Crippen LogP contribution in [0, 0.1) is 12.3 Å². The van der Waals surface area contributed by atoms with E-state index in [-0.39, 0.29) is 18.6 Å². The van der Waals surface area contributed by atoms with Crippen LogP contribution in [0.1, 0.15) is 29.2 Å².